The first-order chi connectivity index (χ1) is 15.4. The van der Waals surface area contributed by atoms with Crippen LogP contribution in [0.25, 0.3) is 6.08 Å². The summed E-state index contributed by atoms with van der Waals surface area (Å²) in [6.07, 6.45) is 1.38. The molecule has 0 saturated heterocycles. The zero-order chi connectivity index (χ0) is 23.1. The van der Waals surface area contributed by atoms with Gasteiger partial charge in [-0.15, -0.1) is 0 Å². The molecule has 6 nitrogen and oxygen atoms in total. The summed E-state index contributed by atoms with van der Waals surface area (Å²) >= 11 is 3.31. The van der Waals surface area contributed by atoms with Gasteiger partial charge in [0.25, 0.3) is 5.91 Å². The third kappa shape index (κ3) is 5.80. The lowest BCUT2D eigenvalue weighted by Crippen LogP contribution is -2.13. The second-order valence-corrected chi connectivity index (χ2v) is 7.36. The lowest BCUT2D eigenvalue weighted by Gasteiger charge is -2.10. The van der Waals surface area contributed by atoms with Gasteiger partial charge in [0.2, 0.25) is 0 Å². The van der Waals surface area contributed by atoms with Crippen LogP contribution in [0.2, 0.25) is 0 Å². The number of rotatable bonds is 6. The average Bonchev–Trinajstić information content (AvgIpc) is 2.79. The van der Waals surface area contributed by atoms with Gasteiger partial charge >= 0.3 is 5.97 Å². The quantitative estimate of drug-likeness (QED) is 0.215. The number of halogens is 2. The molecule has 0 radical (unpaired) electrons. The highest BCUT2D eigenvalue weighted by atomic mass is 79.9. The fourth-order valence-corrected chi connectivity index (χ4v) is 2.94. The number of esters is 1. The monoisotopic (exact) mass is 494 g/mol. The average molecular weight is 495 g/mol. The van der Waals surface area contributed by atoms with Gasteiger partial charge in [-0.2, -0.15) is 5.26 Å². The van der Waals surface area contributed by atoms with E-state index in [2.05, 4.69) is 21.2 Å². The number of nitriles is 1. The SMILES string of the molecule is COc1cc(/C=C(\C#N)C(=O)Nc2ccc(Br)cc2)ccc1OC(=O)c1cccc(F)c1. The molecule has 0 unspecified atom stereocenters. The van der Waals surface area contributed by atoms with Crippen molar-refractivity contribution in [2.24, 2.45) is 0 Å². The molecule has 32 heavy (non-hydrogen) atoms. The Kier molecular flexibility index (Phi) is 7.37. The fraction of sp³-hybridized carbons (Fsp3) is 0.0417. The molecule has 0 aromatic heterocycles. The summed E-state index contributed by atoms with van der Waals surface area (Å²) in [5.41, 5.74) is 0.943. The maximum atomic E-state index is 13.3. The van der Waals surface area contributed by atoms with E-state index in [9.17, 15) is 19.2 Å². The number of amides is 1. The van der Waals surface area contributed by atoms with E-state index < -0.39 is 17.7 Å². The predicted octanol–water partition coefficient (Wildman–Crippen LogP) is 5.36. The minimum Gasteiger partial charge on any atom is -0.493 e. The number of anilines is 1. The molecule has 0 bridgehead atoms. The van der Waals surface area contributed by atoms with Gasteiger partial charge in [-0.05, 0) is 66.2 Å². The minimum atomic E-state index is -0.752. The molecule has 0 aliphatic carbocycles. The Labute approximate surface area is 192 Å². The van der Waals surface area contributed by atoms with Crippen molar-refractivity contribution in [1.29, 1.82) is 5.26 Å². The number of methoxy groups -OCH3 is 1. The van der Waals surface area contributed by atoms with E-state index in [1.54, 1.807) is 30.3 Å². The normalized spacial score (nSPS) is 10.8. The number of ether oxygens (including phenoxy) is 2. The molecule has 0 heterocycles. The van der Waals surface area contributed by atoms with Crippen molar-refractivity contribution >= 4 is 39.6 Å². The number of hydrogen-bond acceptors (Lipinski definition) is 5. The summed E-state index contributed by atoms with van der Waals surface area (Å²) in [5.74, 6) is -1.57. The van der Waals surface area contributed by atoms with Crippen LogP contribution in [-0.4, -0.2) is 19.0 Å². The first-order valence-corrected chi connectivity index (χ1v) is 10.0. The van der Waals surface area contributed by atoms with Gasteiger partial charge in [-0.3, -0.25) is 4.79 Å². The fourth-order valence-electron chi connectivity index (χ4n) is 2.68. The van der Waals surface area contributed by atoms with Gasteiger partial charge in [-0.1, -0.05) is 28.1 Å². The number of nitrogens with one attached hydrogen (secondary N) is 1. The Hall–Kier alpha value is -3.96. The lowest BCUT2D eigenvalue weighted by atomic mass is 10.1. The molecule has 0 saturated carbocycles. The number of benzene rings is 3. The van der Waals surface area contributed by atoms with Crippen LogP contribution in [-0.2, 0) is 4.79 Å². The third-order valence-electron chi connectivity index (χ3n) is 4.23. The first kappa shape index (κ1) is 22.7. The molecule has 0 fully saturated rings. The maximum Gasteiger partial charge on any atom is 0.343 e. The number of carbonyl (C=O) groups excluding carboxylic acids is 2. The second kappa shape index (κ2) is 10.4. The Morgan fingerprint density at radius 3 is 2.47 bits per heavy atom. The second-order valence-electron chi connectivity index (χ2n) is 6.44. The summed E-state index contributed by atoms with van der Waals surface area (Å²) in [6.45, 7) is 0. The zero-order valence-electron chi connectivity index (χ0n) is 16.8. The highest BCUT2D eigenvalue weighted by Crippen LogP contribution is 2.30. The van der Waals surface area contributed by atoms with Gasteiger partial charge in [0.05, 0.1) is 12.7 Å². The number of hydrogen-bond donors (Lipinski definition) is 1. The van der Waals surface area contributed by atoms with Crippen LogP contribution in [0.5, 0.6) is 11.5 Å². The van der Waals surface area contributed by atoms with Crippen molar-refractivity contribution in [3.05, 3.63) is 93.7 Å². The van der Waals surface area contributed by atoms with Crippen LogP contribution in [0.1, 0.15) is 15.9 Å². The van der Waals surface area contributed by atoms with Crippen LogP contribution < -0.4 is 14.8 Å². The van der Waals surface area contributed by atoms with E-state index in [0.717, 1.165) is 10.5 Å². The molecule has 0 spiro atoms. The van der Waals surface area contributed by atoms with Gasteiger partial charge in [0, 0.05) is 10.2 Å². The van der Waals surface area contributed by atoms with Crippen LogP contribution >= 0.6 is 15.9 Å². The van der Waals surface area contributed by atoms with Crippen molar-refractivity contribution in [3.8, 4) is 17.6 Å². The Morgan fingerprint density at radius 2 is 1.81 bits per heavy atom. The summed E-state index contributed by atoms with van der Waals surface area (Å²) < 4.78 is 24.8. The molecule has 1 amide bonds. The number of nitrogens with zero attached hydrogens (tertiary/aromatic N) is 1. The van der Waals surface area contributed by atoms with E-state index in [0.29, 0.717) is 11.3 Å². The van der Waals surface area contributed by atoms with Gasteiger partial charge < -0.3 is 14.8 Å². The third-order valence-corrected chi connectivity index (χ3v) is 4.76. The molecule has 8 heteroatoms. The summed E-state index contributed by atoms with van der Waals surface area (Å²) in [7, 11) is 1.38. The molecule has 1 N–H and O–H groups in total. The highest BCUT2D eigenvalue weighted by molar-refractivity contribution is 9.10. The van der Waals surface area contributed by atoms with E-state index >= 15 is 0 Å². The van der Waals surface area contributed by atoms with Crippen LogP contribution in [0.15, 0.2) is 76.8 Å². The molecule has 3 aromatic rings. The smallest absolute Gasteiger partial charge is 0.343 e. The molecular weight excluding hydrogens is 479 g/mol. The van der Waals surface area contributed by atoms with Crippen molar-refractivity contribution in [2.45, 2.75) is 0 Å². The molecular formula is C24H16BrFN2O4. The Bertz CT molecular complexity index is 1230. The van der Waals surface area contributed by atoms with E-state index in [1.165, 1.54) is 43.5 Å². The van der Waals surface area contributed by atoms with Crippen molar-refractivity contribution < 1.29 is 23.5 Å². The van der Waals surface area contributed by atoms with Gasteiger partial charge in [0.15, 0.2) is 11.5 Å². The molecule has 0 aliphatic heterocycles. The first-order valence-electron chi connectivity index (χ1n) is 9.24. The van der Waals surface area contributed by atoms with E-state index in [-0.39, 0.29) is 22.6 Å². The van der Waals surface area contributed by atoms with Gasteiger partial charge in [-0.25, -0.2) is 9.18 Å². The standard InChI is InChI=1S/C24H16BrFN2O4/c1-31-22-12-15(5-10-21(22)32-24(30)16-3-2-4-19(26)13-16)11-17(14-27)23(29)28-20-8-6-18(25)7-9-20/h2-13H,1H3,(H,28,29)/b17-11+. The predicted molar refractivity (Wildman–Crippen MR) is 121 cm³/mol. The minimum absolute atomic E-state index is 0.0485. The van der Waals surface area contributed by atoms with Crippen molar-refractivity contribution in [2.75, 3.05) is 12.4 Å². The van der Waals surface area contributed by atoms with Crippen LogP contribution in [0.3, 0.4) is 0 Å². The molecule has 0 atom stereocenters. The summed E-state index contributed by atoms with van der Waals surface area (Å²) in [4.78, 5) is 24.7. The maximum absolute atomic E-state index is 13.3. The molecule has 3 aromatic carbocycles. The largest absolute Gasteiger partial charge is 0.493 e. The van der Waals surface area contributed by atoms with Gasteiger partial charge in [0.1, 0.15) is 17.5 Å². The summed E-state index contributed by atoms with van der Waals surface area (Å²) in [5, 5.41) is 12.1. The van der Waals surface area contributed by atoms with E-state index in [4.69, 9.17) is 9.47 Å². The van der Waals surface area contributed by atoms with Crippen LogP contribution in [0.4, 0.5) is 10.1 Å². The summed E-state index contributed by atoms with van der Waals surface area (Å²) in [6, 6.07) is 18.4. The molecule has 160 valence electrons. The molecule has 0 aliphatic rings. The Balaban J connectivity index is 1.79. The van der Waals surface area contributed by atoms with Crippen molar-refractivity contribution in [3.63, 3.8) is 0 Å². The van der Waals surface area contributed by atoms with Crippen molar-refractivity contribution in [1.82, 2.24) is 0 Å². The highest BCUT2D eigenvalue weighted by Gasteiger charge is 2.15. The Morgan fingerprint density at radius 1 is 1.06 bits per heavy atom. The topological polar surface area (TPSA) is 88.4 Å². The van der Waals surface area contributed by atoms with Crippen LogP contribution in [0, 0.1) is 17.1 Å². The number of carbonyl (C=O) groups is 2. The zero-order valence-corrected chi connectivity index (χ0v) is 18.4. The molecule has 3 rings (SSSR count). The van der Waals surface area contributed by atoms with E-state index in [1.807, 2.05) is 6.07 Å². The lowest BCUT2D eigenvalue weighted by molar-refractivity contribution is -0.112.